The van der Waals surface area contributed by atoms with Crippen LogP contribution in [-0.4, -0.2) is 9.55 Å². The zero-order valence-corrected chi connectivity index (χ0v) is 14.1. The van der Waals surface area contributed by atoms with Gasteiger partial charge in [-0.1, -0.05) is 34.1 Å². The maximum absolute atomic E-state index is 12.5. The molecule has 0 amide bonds. The Morgan fingerprint density at radius 1 is 1.20 bits per heavy atom. The van der Waals surface area contributed by atoms with Crippen LogP contribution in [0.1, 0.15) is 5.56 Å². The van der Waals surface area contributed by atoms with Crippen molar-refractivity contribution in [2.24, 2.45) is 0 Å². The molecular formula is C15H10BrIN2O. The Kier molecular flexibility index (Phi) is 3.89. The highest BCUT2D eigenvalue weighted by Crippen LogP contribution is 2.17. The molecule has 100 valence electrons. The van der Waals surface area contributed by atoms with E-state index in [1.807, 2.05) is 42.5 Å². The second-order valence-corrected chi connectivity index (χ2v) is 6.53. The molecule has 3 nitrogen and oxygen atoms in total. The number of rotatable bonds is 2. The average molecular weight is 441 g/mol. The molecule has 5 heteroatoms. The summed E-state index contributed by atoms with van der Waals surface area (Å²) < 4.78 is 3.67. The van der Waals surface area contributed by atoms with Gasteiger partial charge < -0.3 is 0 Å². The third kappa shape index (κ3) is 2.64. The van der Waals surface area contributed by atoms with Crippen LogP contribution in [0.3, 0.4) is 0 Å². The van der Waals surface area contributed by atoms with E-state index in [0.29, 0.717) is 11.9 Å². The van der Waals surface area contributed by atoms with E-state index >= 15 is 0 Å². The normalized spacial score (nSPS) is 10.9. The fraction of sp³-hybridized carbons (Fsp3) is 0.0667. The van der Waals surface area contributed by atoms with Crippen molar-refractivity contribution in [2.75, 3.05) is 0 Å². The quantitative estimate of drug-likeness (QED) is 0.568. The Morgan fingerprint density at radius 3 is 2.80 bits per heavy atom. The van der Waals surface area contributed by atoms with Crippen molar-refractivity contribution >= 4 is 49.4 Å². The van der Waals surface area contributed by atoms with Gasteiger partial charge in [-0.05, 0) is 52.4 Å². The minimum atomic E-state index is -0.00994. The fourth-order valence-electron chi connectivity index (χ4n) is 2.05. The summed E-state index contributed by atoms with van der Waals surface area (Å²) in [5, 5.41) is 0.659. The summed E-state index contributed by atoms with van der Waals surface area (Å²) in [6.07, 6.45) is 1.61. The summed E-state index contributed by atoms with van der Waals surface area (Å²) in [6.45, 7) is 0.509. The Morgan fingerprint density at radius 2 is 2.00 bits per heavy atom. The molecule has 0 N–H and O–H groups in total. The number of halogens is 2. The topological polar surface area (TPSA) is 34.9 Å². The maximum Gasteiger partial charge on any atom is 0.261 e. The first-order valence-corrected chi connectivity index (χ1v) is 7.90. The lowest BCUT2D eigenvalue weighted by atomic mass is 10.2. The Labute approximate surface area is 137 Å². The van der Waals surface area contributed by atoms with Crippen molar-refractivity contribution in [1.29, 1.82) is 0 Å². The average Bonchev–Trinajstić information content (AvgIpc) is 2.45. The van der Waals surface area contributed by atoms with Crippen LogP contribution in [0.4, 0.5) is 0 Å². The van der Waals surface area contributed by atoms with Crippen LogP contribution in [0.5, 0.6) is 0 Å². The predicted molar refractivity (Wildman–Crippen MR) is 92.0 cm³/mol. The summed E-state index contributed by atoms with van der Waals surface area (Å²) in [7, 11) is 0. The molecule has 0 bridgehead atoms. The molecule has 1 aromatic heterocycles. The van der Waals surface area contributed by atoms with Gasteiger partial charge in [0.2, 0.25) is 0 Å². The van der Waals surface area contributed by atoms with Crippen LogP contribution in [0.2, 0.25) is 0 Å². The third-order valence-electron chi connectivity index (χ3n) is 3.08. The summed E-state index contributed by atoms with van der Waals surface area (Å²) >= 11 is 5.70. The Bertz CT molecular complexity index is 845. The molecule has 1 heterocycles. The van der Waals surface area contributed by atoms with Gasteiger partial charge in [0, 0.05) is 8.04 Å². The molecule has 0 saturated carbocycles. The minimum absolute atomic E-state index is 0.00994. The summed E-state index contributed by atoms with van der Waals surface area (Å²) in [5.74, 6) is 0. The van der Waals surface area contributed by atoms with Crippen molar-refractivity contribution in [3.05, 3.63) is 72.8 Å². The third-order valence-corrected chi connectivity index (χ3v) is 4.53. The molecule has 0 aliphatic rings. The summed E-state index contributed by atoms with van der Waals surface area (Å²) in [6, 6.07) is 13.6. The van der Waals surface area contributed by atoms with Gasteiger partial charge in [-0.25, -0.2) is 4.98 Å². The van der Waals surface area contributed by atoms with Gasteiger partial charge in [0.05, 0.1) is 23.8 Å². The van der Waals surface area contributed by atoms with Gasteiger partial charge in [0.1, 0.15) is 0 Å². The second kappa shape index (κ2) is 5.65. The van der Waals surface area contributed by atoms with Crippen LogP contribution in [-0.2, 0) is 6.54 Å². The molecule has 0 aliphatic carbocycles. The molecule has 0 aliphatic heterocycles. The highest BCUT2D eigenvalue weighted by Gasteiger charge is 2.06. The number of hydrogen-bond acceptors (Lipinski definition) is 2. The van der Waals surface area contributed by atoms with E-state index < -0.39 is 0 Å². The molecule has 2 aromatic carbocycles. The van der Waals surface area contributed by atoms with E-state index in [0.717, 1.165) is 19.1 Å². The van der Waals surface area contributed by atoms with Gasteiger partial charge in [-0.15, -0.1) is 0 Å². The molecule has 0 fully saturated rings. The van der Waals surface area contributed by atoms with Crippen molar-refractivity contribution in [1.82, 2.24) is 9.55 Å². The lowest BCUT2D eigenvalue weighted by molar-refractivity contribution is 0.746. The van der Waals surface area contributed by atoms with Crippen LogP contribution >= 0.6 is 38.5 Å². The van der Waals surface area contributed by atoms with Gasteiger partial charge >= 0.3 is 0 Å². The lowest BCUT2D eigenvalue weighted by Gasteiger charge is -2.08. The lowest BCUT2D eigenvalue weighted by Crippen LogP contribution is -2.21. The zero-order chi connectivity index (χ0) is 14.1. The summed E-state index contributed by atoms with van der Waals surface area (Å²) in [5.41, 5.74) is 1.78. The smallest absolute Gasteiger partial charge is 0.261 e. The van der Waals surface area contributed by atoms with Gasteiger partial charge in [0.25, 0.3) is 5.56 Å². The van der Waals surface area contributed by atoms with E-state index in [9.17, 15) is 4.79 Å². The van der Waals surface area contributed by atoms with Crippen LogP contribution < -0.4 is 5.56 Å². The Balaban J connectivity index is 2.11. The molecule has 0 saturated heterocycles. The number of fused-ring (bicyclic) bond motifs is 1. The van der Waals surface area contributed by atoms with Gasteiger partial charge in [0.15, 0.2) is 0 Å². The second-order valence-electron chi connectivity index (χ2n) is 4.43. The number of benzene rings is 2. The highest BCUT2D eigenvalue weighted by molar-refractivity contribution is 14.1. The molecule has 3 rings (SSSR count). The van der Waals surface area contributed by atoms with E-state index in [-0.39, 0.29) is 5.56 Å². The molecule has 20 heavy (non-hydrogen) atoms. The van der Waals surface area contributed by atoms with Crippen LogP contribution in [0, 0.1) is 3.57 Å². The maximum atomic E-state index is 12.5. The fourth-order valence-corrected chi connectivity index (χ4v) is 2.96. The molecular weight excluding hydrogens is 431 g/mol. The molecule has 3 aromatic rings. The van der Waals surface area contributed by atoms with E-state index in [4.69, 9.17) is 0 Å². The van der Waals surface area contributed by atoms with Crippen molar-refractivity contribution in [2.45, 2.75) is 6.54 Å². The van der Waals surface area contributed by atoms with Crippen molar-refractivity contribution < 1.29 is 0 Å². The highest BCUT2D eigenvalue weighted by atomic mass is 127. The van der Waals surface area contributed by atoms with E-state index in [1.54, 1.807) is 10.9 Å². The van der Waals surface area contributed by atoms with Crippen molar-refractivity contribution in [3.8, 4) is 0 Å². The predicted octanol–water partition coefficient (Wildman–Crippen LogP) is 3.81. The first-order valence-electron chi connectivity index (χ1n) is 6.03. The first-order chi connectivity index (χ1) is 9.65. The standard InChI is InChI=1S/C15H10BrIN2O/c16-13-4-2-1-3-10(13)8-19-9-18-14-6-5-11(17)7-12(14)15(19)20/h1-7,9H,8H2. The number of aromatic nitrogens is 2. The molecule has 0 spiro atoms. The van der Waals surface area contributed by atoms with Gasteiger partial charge in [-0.3, -0.25) is 9.36 Å². The molecule has 0 radical (unpaired) electrons. The van der Waals surface area contributed by atoms with E-state index in [1.165, 1.54) is 0 Å². The summed E-state index contributed by atoms with van der Waals surface area (Å²) in [4.78, 5) is 16.9. The number of nitrogens with zero attached hydrogens (tertiary/aromatic N) is 2. The number of hydrogen-bond donors (Lipinski definition) is 0. The van der Waals surface area contributed by atoms with Crippen LogP contribution in [0.15, 0.2) is 58.1 Å². The molecule has 0 unspecified atom stereocenters. The SMILES string of the molecule is O=c1c2cc(I)ccc2ncn1Cc1ccccc1Br. The molecule has 0 atom stereocenters. The monoisotopic (exact) mass is 440 g/mol. The van der Waals surface area contributed by atoms with Gasteiger partial charge in [-0.2, -0.15) is 0 Å². The minimum Gasteiger partial charge on any atom is -0.294 e. The zero-order valence-electron chi connectivity index (χ0n) is 10.4. The first kappa shape index (κ1) is 13.8. The largest absolute Gasteiger partial charge is 0.294 e. The van der Waals surface area contributed by atoms with E-state index in [2.05, 4.69) is 43.5 Å². The Hall–Kier alpha value is -1.21. The van der Waals surface area contributed by atoms with Crippen LogP contribution in [0.25, 0.3) is 10.9 Å². The van der Waals surface area contributed by atoms with Crippen molar-refractivity contribution in [3.63, 3.8) is 0 Å².